The van der Waals surface area contributed by atoms with Crippen LogP contribution in [0.1, 0.15) is 10.4 Å². The van der Waals surface area contributed by atoms with Crippen molar-refractivity contribution < 1.29 is 14.6 Å². The third-order valence-electron chi connectivity index (χ3n) is 3.41. The molecule has 1 aromatic carbocycles. The van der Waals surface area contributed by atoms with Gasteiger partial charge < -0.3 is 25.8 Å². The molecule has 22 heavy (non-hydrogen) atoms. The lowest BCUT2D eigenvalue weighted by Crippen LogP contribution is -2.51. The largest absolute Gasteiger partial charge is 0.385 e. The summed E-state index contributed by atoms with van der Waals surface area (Å²) >= 11 is 5.96. The molecule has 1 fully saturated rings. The number of amides is 1. The van der Waals surface area contributed by atoms with Gasteiger partial charge in [0.1, 0.15) is 5.60 Å². The van der Waals surface area contributed by atoms with Crippen molar-refractivity contribution in [2.75, 3.05) is 45.9 Å². The zero-order valence-corrected chi connectivity index (χ0v) is 13.2. The van der Waals surface area contributed by atoms with E-state index in [0.717, 1.165) is 6.54 Å². The molecule has 0 bridgehead atoms. The number of carbonyl (C=O) groups is 1. The minimum Gasteiger partial charge on any atom is -0.385 e. The van der Waals surface area contributed by atoms with E-state index in [0.29, 0.717) is 50.0 Å². The Kier molecular flexibility index (Phi) is 6.60. The number of carbonyl (C=O) groups excluding carboxylic acids is 1. The number of rotatable bonds is 6. The van der Waals surface area contributed by atoms with E-state index in [2.05, 4.69) is 16.0 Å². The smallest absolute Gasteiger partial charge is 0.252 e. The second-order valence-electron chi connectivity index (χ2n) is 5.37. The second kappa shape index (κ2) is 8.45. The maximum absolute atomic E-state index is 11.9. The number of nitrogens with one attached hydrogen (secondary N) is 3. The summed E-state index contributed by atoms with van der Waals surface area (Å²) in [4.78, 5) is 11.9. The first kappa shape index (κ1) is 17.2. The summed E-state index contributed by atoms with van der Waals surface area (Å²) in [6.07, 6.45) is 0. The summed E-state index contributed by atoms with van der Waals surface area (Å²) < 4.78 is 5.34. The van der Waals surface area contributed by atoms with Crippen molar-refractivity contribution in [1.29, 1.82) is 0 Å². The predicted octanol–water partition coefficient (Wildman–Crippen LogP) is 0.0103. The van der Waals surface area contributed by atoms with E-state index in [1.54, 1.807) is 24.3 Å². The van der Waals surface area contributed by atoms with E-state index in [1.165, 1.54) is 0 Å². The number of benzene rings is 1. The molecule has 2 rings (SSSR count). The summed E-state index contributed by atoms with van der Waals surface area (Å²) in [5.41, 5.74) is -0.451. The zero-order chi connectivity index (χ0) is 15.8. The van der Waals surface area contributed by atoms with Gasteiger partial charge in [-0.05, 0) is 12.1 Å². The van der Waals surface area contributed by atoms with Gasteiger partial charge in [0, 0.05) is 32.7 Å². The van der Waals surface area contributed by atoms with Crippen LogP contribution in [0.4, 0.5) is 0 Å². The summed E-state index contributed by atoms with van der Waals surface area (Å²) in [5.74, 6) is -0.203. The Balaban J connectivity index is 1.67. The van der Waals surface area contributed by atoms with Gasteiger partial charge in [0.15, 0.2) is 0 Å². The van der Waals surface area contributed by atoms with Crippen LogP contribution in [0.2, 0.25) is 5.02 Å². The van der Waals surface area contributed by atoms with Crippen molar-refractivity contribution in [2.24, 2.45) is 0 Å². The first-order valence-corrected chi connectivity index (χ1v) is 7.73. The van der Waals surface area contributed by atoms with Gasteiger partial charge >= 0.3 is 0 Å². The SMILES string of the molecule is O=C(NCCNC[C@@]1(O)CNCCOC1)c1ccccc1Cl. The van der Waals surface area contributed by atoms with Crippen molar-refractivity contribution in [3.63, 3.8) is 0 Å². The van der Waals surface area contributed by atoms with E-state index < -0.39 is 5.60 Å². The van der Waals surface area contributed by atoms with E-state index in [-0.39, 0.29) is 5.91 Å². The van der Waals surface area contributed by atoms with Crippen molar-refractivity contribution in [3.05, 3.63) is 34.9 Å². The Morgan fingerprint density at radius 1 is 1.41 bits per heavy atom. The molecule has 0 radical (unpaired) electrons. The Morgan fingerprint density at radius 2 is 2.23 bits per heavy atom. The maximum Gasteiger partial charge on any atom is 0.252 e. The molecule has 1 atom stereocenters. The molecule has 122 valence electrons. The van der Waals surface area contributed by atoms with Crippen LogP contribution in [0.5, 0.6) is 0 Å². The highest BCUT2D eigenvalue weighted by Crippen LogP contribution is 2.14. The zero-order valence-electron chi connectivity index (χ0n) is 12.4. The molecule has 0 spiro atoms. The normalized spacial score (nSPS) is 22.1. The van der Waals surface area contributed by atoms with Crippen molar-refractivity contribution in [1.82, 2.24) is 16.0 Å². The van der Waals surface area contributed by atoms with Gasteiger partial charge in [-0.2, -0.15) is 0 Å². The third kappa shape index (κ3) is 5.23. The van der Waals surface area contributed by atoms with Crippen LogP contribution in [-0.2, 0) is 4.74 Å². The molecular weight excluding hydrogens is 306 g/mol. The second-order valence-corrected chi connectivity index (χ2v) is 5.77. The van der Waals surface area contributed by atoms with Gasteiger partial charge in [-0.25, -0.2) is 0 Å². The predicted molar refractivity (Wildman–Crippen MR) is 85.3 cm³/mol. The standard InChI is InChI=1S/C15H22ClN3O3/c16-13-4-2-1-3-12(13)14(20)19-6-5-17-9-15(21)10-18-7-8-22-11-15/h1-4,17-18,21H,5-11H2,(H,19,20)/t15-/m1/s1. The van der Waals surface area contributed by atoms with Gasteiger partial charge in [-0.1, -0.05) is 23.7 Å². The molecule has 0 aliphatic carbocycles. The minimum absolute atomic E-state index is 0.203. The monoisotopic (exact) mass is 327 g/mol. The highest BCUT2D eigenvalue weighted by Gasteiger charge is 2.28. The molecule has 0 unspecified atom stereocenters. The van der Waals surface area contributed by atoms with E-state index in [9.17, 15) is 9.90 Å². The van der Waals surface area contributed by atoms with Gasteiger partial charge in [0.05, 0.1) is 23.8 Å². The molecule has 1 aromatic rings. The van der Waals surface area contributed by atoms with Crippen LogP contribution < -0.4 is 16.0 Å². The number of ether oxygens (including phenoxy) is 1. The fourth-order valence-corrected chi connectivity index (χ4v) is 2.44. The van der Waals surface area contributed by atoms with Crippen molar-refractivity contribution in [3.8, 4) is 0 Å². The lowest BCUT2D eigenvalue weighted by Gasteiger charge is -2.26. The van der Waals surface area contributed by atoms with Gasteiger partial charge in [0.2, 0.25) is 0 Å². The first-order valence-electron chi connectivity index (χ1n) is 7.35. The Morgan fingerprint density at radius 3 is 3.05 bits per heavy atom. The lowest BCUT2D eigenvalue weighted by molar-refractivity contribution is -0.0260. The van der Waals surface area contributed by atoms with Crippen LogP contribution >= 0.6 is 11.6 Å². The summed E-state index contributed by atoms with van der Waals surface area (Å²) in [7, 11) is 0. The first-order chi connectivity index (χ1) is 10.6. The lowest BCUT2D eigenvalue weighted by atomic mass is 10.1. The summed E-state index contributed by atoms with van der Waals surface area (Å²) in [6.45, 7) is 3.56. The van der Waals surface area contributed by atoms with Gasteiger partial charge in [-0.3, -0.25) is 4.79 Å². The highest BCUT2D eigenvalue weighted by molar-refractivity contribution is 6.33. The third-order valence-corrected chi connectivity index (χ3v) is 3.74. The molecule has 1 aliphatic heterocycles. The summed E-state index contributed by atoms with van der Waals surface area (Å²) in [5, 5.41) is 19.8. The van der Waals surface area contributed by atoms with Crippen LogP contribution in [0.15, 0.2) is 24.3 Å². The molecule has 6 nitrogen and oxygen atoms in total. The van der Waals surface area contributed by atoms with Crippen LogP contribution in [-0.4, -0.2) is 62.6 Å². The Labute approximate surface area is 135 Å². The summed E-state index contributed by atoms with van der Waals surface area (Å²) in [6, 6.07) is 6.92. The van der Waals surface area contributed by atoms with E-state index >= 15 is 0 Å². The Bertz CT molecular complexity index is 491. The number of aliphatic hydroxyl groups is 1. The molecule has 1 heterocycles. The Hall–Kier alpha value is -1.18. The fourth-order valence-electron chi connectivity index (χ4n) is 2.22. The van der Waals surface area contributed by atoms with Crippen molar-refractivity contribution in [2.45, 2.75) is 5.60 Å². The molecule has 1 saturated heterocycles. The van der Waals surface area contributed by atoms with Crippen molar-refractivity contribution >= 4 is 17.5 Å². The molecule has 1 aliphatic rings. The van der Waals surface area contributed by atoms with Crippen LogP contribution in [0.3, 0.4) is 0 Å². The minimum atomic E-state index is -0.913. The van der Waals surface area contributed by atoms with E-state index in [4.69, 9.17) is 16.3 Å². The maximum atomic E-state index is 11.9. The highest BCUT2D eigenvalue weighted by atomic mass is 35.5. The number of hydrogen-bond donors (Lipinski definition) is 4. The molecular formula is C15H22ClN3O3. The molecule has 0 aromatic heterocycles. The number of β-amino-alcohol motifs (C(OH)–C–C–N with tert-alkyl or cyclic N) is 1. The van der Waals surface area contributed by atoms with E-state index in [1.807, 2.05) is 0 Å². The molecule has 7 heteroatoms. The van der Waals surface area contributed by atoms with Crippen LogP contribution in [0.25, 0.3) is 0 Å². The molecule has 4 N–H and O–H groups in total. The number of hydrogen-bond acceptors (Lipinski definition) is 5. The molecule has 1 amide bonds. The van der Waals surface area contributed by atoms with Gasteiger partial charge in [-0.15, -0.1) is 0 Å². The average molecular weight is 328 g/mol. The van der Waals surface area contributed by atoms with Crippen LogP contribution in [0, 0.1) is 0 Å². The average Bonchev–Trinajstić information content (AvgIpc) is 2.72. The molecule has 0 saturated carbocycles. The number of halogens is 1. The quantitative estimate of drug-likeness (QED) is 0.553. The van der Waals surface area contributed by atoms with Gasteiger partial charge in [0.25, 0.3) is 5.91 Å². The fraction of sp³-hybridized carbons (Fsp3) is 0.533. The topological polar surface area (TPSA) is 82.6 Å².